The van der Waals surface area contributed by atoms with Crippen LogP contribution in [0.15, 0.2) is 30.3 Å². The van der Waals surface area contributed by atoms with Crippen LogP contribution in [-0.2, 0) is 11.3 Å². The molecular weight excluding hydrogens is 198 g/mol. The van der Waals surface area contributed by atoms with Gasteiger partial charge in [-0.3, -0.25) is 4.90 Å². The van der Waals surface area contributed by atoms with E-state index in [4.69, 9.17) is 4.74 Å². The second-order valence-electron chi connectivity index (χ2n) is 5.49. The van der Waals surface area contributed by atoms with Crippen molar-refractivity contribution in [2.45, 2.75) is 39.0 Å². The van der Waals surface area contributed by atoms with E-state index in [0.717, 1.165) is 19.7 Å². The summed E-state index contributed by atoms with van der Waals surface area (Å²) >= 11 is 0. The van der Waals surface area contributed by atoms with E-state index in [-0.39, 0.29) is 5.54 Å². The largest absolute Gasteiger partial charge is 0.372 e. The fraction of sp³-hybridized carbons (Fsp3) is 0.571. The maximum atomic E-state index is 5.33. The van der Waals surface area contributed by atoms with Gasteiger partial charge >= 0.3 is 0 Å². The third-order valence-electron chi connectivity index (χ3n) is 2.99. The van der Waals surface area contributed by atoms with Crippen LogP contribution < -0.4 is 0 Å². The van der Waals surface area contributed by atoms with Gasteiger partial charge in [0, 0.05) is 18.6 Å². The summed E-state index contributed by atoms with van der Waals surface area (Å²) in [6.07, 6.45) is 0.461. The van der Waals surface area contributed by atoms with Gasteiger partial charge in [0.05, 0.1) is 12.7 Å². The van der Waals surface area contributed by atoms with E-state index in [1.165, 1.54) is 5.56 Å². The normalized spacial score (nSPS) is 20.1. The lowest BCUT2D eigenvalue weighted by molar-refractivity contribution is 0.116. The lowest BCUT2D eigenvalue weighted by Gasteiger charge is -2.35. The maximum Gasteiger partial charge on any atom is 0.0936 e. The molecule has 0 aliphatic carbocycles. The number of ether oxygens (including phenoxy) is 1. The summed E-state index contributed by atoms with van der Waals surface area (Å²) in [6, 6.07) is 10.6. The predicted octanol–water partition coefficient (Wildman–Crippen LogP) is 2.69. The third-order valence-corrected chi connectivity index (χ3v) is 2.99. The summed E-state index contributed by atoms with van der Waals surface area (Å²) in [7, 11) is 0. The van der Waals surface area contributed by atoms with E-state index in [9.17, 15) is 0 Å². The zero-order valence-corrected chi connectivity index (χ0v) is 10.4. The fourth-order valence-corrected chi connectivity index (χ4v) is 1.80. The van der Waals surface area contributed by atoms with E-state index in [1.54, 1.807) is 0 Å². The Labute approximate surface area is 98.2 Å². The molecular formula is C14H21NO. The first-order chi connectivity index (χ1) is 7.55. The molecule has 1 heterocycles. The van der Waals surface area contributed by atoms with Crippen molar-refractivity contribution >= 4 is 0 Å². The van der Waals surface area contributed by atoms with Crippen LogP contribution in [0.5, 0.6) is 0 Å². The van der Waals surface area contributed by atoms with Gasteiger partial charge in [0.2, 0.25) is 0 Å². The molecule has 1 atom stereocenters. The van der Waals surface area contributed by atoms with Crippen LogP contribution in [0.2, 0.25) is 0 Å². The van der Waals surface area contributed by atoms with Gasteiger partial charge in [0.15, 0.2) is 0 Å². The molecule has 2 heteroatoms. The van der Waals surface area contributed by atoms with Crippen LogP contribution in [0.1, 0.15) is 26.3 Å². The Morgan fingerprint density at radius 2 is 1.88 bits per heavy atom. The molecule has 1 aromatic rings. The first kappa shape index (κ1) is 11.6. The minimum absolute atomic E-state index is 0.196. The lowest BCUT2D eigenvalue weighted by Crippen LogP contribution is -2.43. The molecule has 0 spiro atoms. The first-order valence-corrected chi connectivity index (χ1v) is 5.96. The zero-order valence-electron chi connectivity index (χ0n) is 10.4. The average molecular weight is 219 g/mol. The number of hydrogen-bond acceptors (Lipinski definition) is 2. The van der Waals surface area contributed by atoms with Crippen LogP contribution in [-0.4, -0.2) is 29.7 Å². The number of nitrogens with zero attached hydrogens (tertiary/aromatic N) is 1. The lowest BCUT2D eigenvalue weighted by atomic mass is 10.0. The SMILES string of the molecule is CC(C)(C)N(Cc1ccccc1)CC1CO1. The molecule has 2 nitrogen and oxygen atoms in total. The summed E-state index contributed by atoms with van der Waals surface area (Å²) < 4.78 is 5.33. The predicted molar refractivity (Wildman–Crippen MR) is 66.3 cm³/mol. The van der Waals surface area contributed by atoms with Crippen molar-refractivity contribution in [1.29, 1.82) is 0 Å². The summed E-state index contributed by atoms with van der Waals surface area (Å²) in [6.45, 7) is 9.76. The van der Waals surface area contributed by atoms with Gasteiger partial charge in [0.25, 0.3) is 0 Å². The van der Waals surface area contributed by atoms with Gasteiger partial charge < -0.3 is 4.74 Å². The van der Waals surface area contributed by atoms with E-state index in [1.807, 2.05) is 0 Å². The molecule has 0 N–H and O–H groups in total. The Kier molecular flexibility index (Phi) is 3.31. The van der Waals surface area contributed by atoms with E-state index >= 15 is 0 Å². The fourth-order valence-electron chi connectivity index (χ4n) is 1.80. The molecule has 1 fully saturated rings. The molecule has 1 aliphatic rings. The molecule has 88 valence electrons. The molecule has 16 heavy (non-hydrogen) atoms. The summed E-state index contributed by atoms with van der Waals surface area (Å²) in [5, 5.41) is 0. The number of epoxide rings is 1. The van der Waals surface area contributed by atoms with Crippen molar-refractivity contribution < 1.29 is 4.74 Å². The van der Waals surface area contributed by atoms with Crippen molar-refractivity contribution in [3.8, 4) is 0 Å². The van der Waals surface area contributed by atoms with Crippen molar-refractivity contribution in [2.75, 3.05) is 13.2 Å². The molecule has 0 saturated carbocycles. The van der Waals surface area contributed by atoms with Crippen LogP contribution in [0, 0.1) is 0 Å². The van der Waals surface area contributed by atoms with Crippen molar-refractivity contribution in [1.82, 2.24) is 4.90 Å². The van der Waals surface area contributed by atoms with Crippen LogP contribution in [0.4, 0.5) is 0 Å². The minimum Gasteiger partial charge on any atom is -0.372 e. The van der Waals surface area contributed by atoms with Gasteiger partial charge in [0.1, 0.15) is 0 Å². The van der Waals surface area contributed by atoms with Crippen molar-refractivity contribution in [3.63, 3.8) is 0 Å². The van der Waals surface area contributed by atoms with Crippen LogP contribution in [0.3, 0.4) is 0 Å². The highest BCUT2D eigenvalue weighted by atomic mass is 16.6. The Morgan fingerprint density at radius 3 is 2.38 bits per heavy atom. The molecule has 1 aliphatic heterocycles. The topological polar surface area (TPSA) is 15.8 Å². The molecule has 0 aromatic heterocycles. The van der Waals surface area contributed by atoms with Crippen LogP contribution in [0.25, 0.3) is 0 Å². The van der Waals surface area contributed by atoms with Gasteiger partial charge in [-0.25, -0.2) is 0 Å². The summed E-state index contributed by atoms with van der Waals surface area (Å²) in [5.74, 6) is 0. The Bertz CT molecular complexity index is 324. The first-order valence-electron chi connectivity index (χ1n) is 5.96. The highest BCUT2D eigenvalue weighted by molar-refractivity contribution is 5.14. The summed E-state index contributed by atoms with van der Waals surface area (Å²) in [4.78, 5) is 2.49. The maximum absolute atomic E-state index is 5.33. The Hall–Kier alpha value is -0.860. The minimum atomic E-state index is 0.196. The third kappa shape index (κ3) is 3.32. The standard InChI is InChI=1S/C14H21NO/c1-14(2,3)15(10-13-11-16-13)9-12-7-5-4-6-8-12/h4-8,13H,9-11H2,1-3H3. The average Bonchev–Trinajstić information content (AvgIpc) is 3.01. The monoisotopic (exact) mass is 219 g/mol. The number of hydrogen-bond donors (Lipinski definition) is 0. The van der Waals surface area contributed by atoms with Crippen LogP contribution >= 0.6 is 0 Å². The highest BCUT2D eigenvalue weighted by Gasteiger charge is 2.30. The Balaban J connectivity index is 2.01. The van der Waals surface area contributed by atoms with Gasteiger partial charge in [-0.2, -0.15) is 0 Å². The molecule has 0 amide bonds. The quantitative estimate of drug-likeness (QED) is 0.724. The van der Waals surface area contributed by atoms with E-state index in [0.29, 0.717) is 6.10 Å². The number of rotatable bonds is 4. The molecule has 0 bridgehead atoms. The second-order valence-corrected chi connectivity index (χ2v) is 5.49. The molecule has 0 radical (unpaired) electrons. The molecule has 2 rings (SSSR count). The second kappa shape index (κ2) is 4.56. The van der Waals surface area contributed by atoms with Gasteiger partial charge in [-0.05, 0) is 26.3 Å². The highest BCUT2D eigenvalue weighted by Crippen LogP contribution is 2.21. The molecule has 1 unspecified atom stereocenters. The van der Waals surface area contributed by atoms with E-state index < -0.39 is 0 Å². The van der Waals surface area contributed by atoms with Gasteiger partial charge in [-0.15, -0.1) is 0 Å². The number of benzene rings is 1. The van der Waals surface area contributed by atoms with Crippen molar-refractivity contribution in [3.05, 3.63) is 35.9 Å². The van der Waals surface area contributed by atoms with Gasteiger partial charge in [-0.1, -0.05) is 30.3 Å². The smallest absolute Gasteiger partial charge is 0.0936 e. The summed E-state index contributed by atoms with van der Waals surface area (Å²) in [5.41, 5.74) is 1.57. The molecule has 1 saturated heterocycles. The Morgan fingerprint density at radius 1 is 1.25 bits per heavy atom. The van der Waals surface area contributed by atoms with E-state index in [2.05, 4.69) is 56.0 Å². The van der Waals surface area contributed by atoms with Crippen molar-refractivity contribution in [2.24, 2.45) is 0 Å². The zero-order chi connectivity index (χ0) is 11.6. The molecule has 1 aromatic carbocycles.